The maximum Gasteiger partial charge on any atom is 0.242 e. The normalized spacial score (nSPS) is 25.4. The van der Waals surface area contributed by atoms with Crippen LogP contribution in [0.25, 0.3) is 0 Å². The van der Waals surface area contributed by atoms with E-state index in [2.05, 4.69) is 5.32 Å². The maximum atomic E-state index is 12.7. The highest BCUT2D eigenvalue weighted by Gasteiger charge is 2.32. The van der Waals surface area contributed by atoms with Gasteiger partial charge in [-0.05, 0) is 25.7 Å². The van der Waals surface area contributed by atoms with E-state index in [0.717, 1.165) is 58.2 Å². The Labute approximate surface area is 161 Å². The molecular weight excluding hydrogens is 356 g/mol. The van der Waals surface area contributed by atoms with Gasteiger partial charge in [0.1, 0.15) is 0 Å². The maximum absolute atomic E-state index is 12.7. The summed E-state index contributed by atoms with van der Waals surface area (Å²) in [5.41, 5.74) is 0. The molecule has 1 atom stereocenters. The van der Waals surface area contributed by atoms with Gasteiger partial charge in [0, 0.05) is 45.2 Å². The summed E-state index contributed by atoms with van der Waals surface area (Å²) in [6.07, 6.45) is 6.59. The van der Waals surface area contributed by atoms with E-state index in [0.29, 0.717) is 26.1 Å². The van der Waals surface area contributed by atoms with Crippen molar-refractivity contribution in [2.45, 2.75) is 51.0 Å². The Balaban J connectivity index is 0.00000243. The fraction of sp³-hybridized carbons (Fsp3) is 0.833. The molecular formula is C18H31ClN4O3. The van der Waals surface area contributed by atoms with Crippen LogP contribution in [-0.2, 0) is 14.4 Å². The molecule has 0 aromatic rings. The van der Waals surface area contributed by atoms with Crippen LogP contribution >= 0.6 is 12.4 Å². The highest BCUT2D eigenvalue weighted by atomic mass is 35.5. The van der Waals surface area contributed by atoms with Gasteiger partial charge < -0.3 is 20.0 Å². The van der Waals surface area contributed by atoms with Gasteiger partial charge in [-0.1, -0.05) is 12.8 Å². The summed E-state index contributed by atoms with van der Waals surface area (Å²) >= 11 is 0. The third kappa shape index (κ3) is 5.33. The van der Waals surface area contributed by atoms with Gasteiger partial charge in [0.2, 0.25) is 17.7 Å². The van der Waals surface area contributed by atoms with Gasteiger partial charge in [-0.15, -0.1) is 12.4 Å². The van der Waals surface area contributed by atoms with Crippen molar-refractivity contribution in [1.82, 2.24) is 20.0 Å². The average molecular weight is 387 g/mol. The van der Waals surface area contributed by atoms with Crippen LogP contribution in [-0.4, -0.2) is 84.3 Å². The molecule has 3 rings (SSSR count). The fourth-order valence-corrected chi connectivity index (χ4v) is 4.09. The van der Waals surface area contributed by atoms with Crippen molar-refractivity contribution >= 4 is 30.1 Å². The van der Waals surface area contributed by atoms with E-state index < -0.39 is 0 Å². The Kier molecular flexibility index (Phi) is 8.15. The van der Waals surface area contributed by atoms with Crippen LogP contribution in [0.4, 0.5) is 0 Å². The number of hydrogen-bond donors (Lipinski definition) is 1. The molecule has 3 amide bonds. The quantitative estimate of drug-likeness (QED) is 0.771. The fourth-order valence-electron chi connectivity index (χ4n) is 4.09. The molecule has 7 nitrogen and oxygen atoms in total. The zero-order chi connectivity index (χ0) is 17.6. The SMILES string of the molecule is Cl.O=C1CCCCCCN1CC(=O)N1CCCC(N2CCNCC2=O)C1. The van der Waals surface area contributed by atoms with Crippen molar-refractivity contribution in [3.05, 3.63) is 0 Å². The highest BCUT2D eigenvalue weighted by molar-refractivity contribution is 5.85. The minimum absolute atomic E-state index is 0. The summed E-state index contributed by atoms with van der Waals surface area (Å²) in [4.78, 5) is 42.6. The Bertz CT molecular complexity index is 517. The van der Waals surface area contributed by atoms with Crippen molar-refractivity contribution in [2.75, 3.05) is 45.8 Å². The molecule has 3 fully saturated rings. The van der Waals surface area contributed by atoms with Crippen molar-refractivity contribution in [3.8, 4) is 0 Å². The van der Waals surface area contributed by atoms with Crippen molar-refractivity contribution < 1.29 is 14.4 Å². The molecule has 0 bridgehead atoms. The van der Waals surface area contributed by atoms with Gasteiger partial charge in [0.15, 0.2) is 0 Å². The molecule has 8 heteroatoms. The number of piperidine rings is 1. The lowest BCUT2D eigenvalue weighted by atomic mass is 10.0. The van der Waals surface area contributed by atoms with E-state index >= 15 is 0 Å². The van der Waals surface area contributed by atoms with E-state index in [1.807, 2.05) is 9.80 Å². The molecule has 0 aromatic carbocycles. The number of likely N-dealkylation sites (tertiary alicyclic amines) is 2. The Hall–Kier alpha value is -1.34. The zero-order valence-corrected chi connectivity index (χ0v) is 16.3. The van der Waals surface area contributed by atoms with Gasteiger partial charge in [-0.25, -0.2) is 0 Å². The Morgan fingerprint density at radius 1 is 1.00 bits per heavy atom. The molecule has 0 spiro atoms. The summed E-state index contributed by atoms with van der Waals surface area (Å²) in [6, 6.07) is 0.121. The number of hydrogen-bond acceptors (Lipinski definition) is 4. The highest BCUT2D eigenvalue weighted by Crippen LogP contribution is 2.18. The van der Waals surface area contributed by atoms with E-state index in [1.165, 1.54) is 0 Å². The second-order valence-electron chi connectivity index (χ2n) is 7.38. The largest absolute Gasteiger partial charge is 0.339 e. The van der Waals surface area contributed by atoms with Gasteiger partial charge in [0.05, 0.1) is 13.1 Å². The first-order valence-corrected chi connectivity index (χ1v) is 9.71. The first-order chi connectivity index (χ1) is 12.1. The van der Waals surface area contributed by atoms with Crippen LogP contribution in [0.3, 0.4) is 0 Å². The standard InChI is InChI=1S/C18H30N4O3.ClH/c23-16-7-3-1-2-4-9-21(16)14-18(25)20-10-5-6-15(13-20)22-11-8-19-12-17(22)24;/h15,19H,1-14H2;1H. The van der Waals surface area contributed by atoms with Crippen molar-refractivity contribution in [2.24, 2.45) is 0 Å². The van der Waals surface area contributed by atoms with Crippen LogP contribution in [0, 0.1) is 0 Å². The average Bonchev–Trinajstić information content (AvgIpc) is 2.62. The van der Waals surface area contributed by atoms with Gasteiger partial charge in [0.25, 0.3) is 0 Å². The van der Waals surface area contributed by atoms with E-state index in [1.54, 1.807) is 4.90 Å². The molecule has 148 valence electrons. The number of nitrogens with zero attached hydrogens (tertiary/aromatic N) is 3. The molecule has 0 aliphatic carbocycles. The first kappa shape index (κ1) is 21.0. The molecule has 1 N–H and O–H groups in total. The van der Waals surface area contributed by atoms with Crippen LogP contribution in [0.5, 0.6) is 0 Å². The predicted molar refractivity (Wildman–Crippen MR) is 101 cm³/mol. The lowest BCUT2D eigenvalue weighted by Crippen LogP contribution is -2.58. The van der Waals surface area contributed by atoms with Crippen molar-refractivity contribution in [3.63, 3.8) is 0 Å². The van der Waals surface area contributed by atoms with Gasteiger partial charge in [-0.3, -0.25) is 14.4 Å². The van der Waals surface area contributed by atoms with E-state index in [-0.39, 0.29) is 42.7 Å². The number of carbonyl (C=O) groups excluding carboxylic acids is 3. The second kappa shape index (κ2) is 10.1. The molecule has 3 heterocycles. The number of nitrogens with one attached hydrogen (secondary N) is 1. The minimum atomic E-state index is 0. The Morgan fingerprint density at radius 2 is 1.81 bits per heavy atom. The molecule has 26 heavy (non-hydrogen) atoms. The molecule has 0 saturated carbocycles. The Morgan fingerprint density at radius 3 is 2.62 bits per heavy atom. The van der Waals surface area contributed by atoms with Gasteiger partial charge >= 0.3 is 0 Å². The second-order valence-corrected chi connectivity index (χ2v) is 7.38. The molecule has 3 saturated heterocycles. The van der Waals surface area contributed by atoms with E-state index in [9.17, 15) is 14.4 Å². The monoisotopic (exact) mass is 386 g/mol. The first-order valence-electron chi connectivity index (χ1n) is 9.71. The number of rotatable bonds is 3. The van der Waals surface area contributed by atoms with Crippen LogP contribution in [0.15, 0.2) is 0 Å². The minimum Gasteiger partial charge on any atom is -0.339 e. The summed E-state index contributed by atoms with van der Waals surface area (Å²) in [6.45, 7) is 4.16. The van der Waals surface area contributed by atoms with Crippen LogP contribution < -0.4 is 5.32 Å². The molecule has 3 aliphatic rings. The summed E-state index contributed by atoms with van der Waals surface area (Å²) in [5, 5.41) is 3.09. The van der Waals surface area contributed by atoms with Crippen LogP contribution in [0.1, 0.15) is 44.9 Å². The smallest absolute Gasteiger partial charge is 0.242 e. The zero-order valence-electron chi connectivity index (χ0n) is 15.5. The molecule has 1 unspecified atom stereocenters. The number of amides is 3. The van der Waals surface area contributed by atoms with Crippen molar-refractivity contribution in [1.29, 1.82) is 0 Å². The number of halogens is 1. The molecule has 0 radical (unpaired) electrons. The third-order valence-electron chi connectivity index (χ3n) is 5.56. The number of piperazine rings is 1. The summed E-state index contributed by atoms with van der Waals surface area (Å²) in [7, 11) is 0. The summed E-state index contributed by atoms with van der Waals surface area (Å²) < 4.78 is 0. The summed E-state index contributed by atoms with van der Waals surface area (Å²) in [5.74, 6) is 0.268. The predicted octanol–water partition coefficient (Wildman–Crippen LogP) is 0.624. The number of carbonyl (C=O) groups is 3. The van der Waals surface area contributed by atoms with E-state index in [4.69, 9.17) is 0 Å². The third-order valence-corrected chi connectivity index (χ3v) is 5.56. The lowest BCUT2D eigenvalue weighted by molar-refractivity contribution is -0.144. The van der Waals surface area contributed by atoms with Crippen LogP contribution in [0.2, 0.25) is 0 Å². The lowest BCUT2D eigenvalue weighted by Gasteiger charge is -2.41. The molecule has 0 aromatic heterocycles. The molecule has 3 aliphatic heterocycles. The van der Waals surface area contributed by atoms with Gasteiger partial charge in [-0.2, -0.15) is 0 Å². The topological polar surface area (TPSA) is 73.0 Å².